The van der Waals surface area contributed by atoms with Gasteiger partial charge in [-0.2, -0.15) is 5.10 Å². The number of hydrogen-bond acceptors (Lipinski definition) is 8. The Kier molecular flexibility index (Phi) is 5.51. The van der Waals surface area contributed by atoms with Crippen molar-refractivity contribution in [3.05, 3.63) is 45.9 Å². The van der Waals surface area contributed by atoms with E-state index >= 15 is 0 Å². The minimum atomic E-state index is -0.719. The van der Waals surface area contributed by atoms with E-state index in [4.69, 9.17) is 4.74 Å². The molecule has 3 aromatic rings. The van der Waals surface area contributed by atoms with Gasteiger partial charge in [0.2, 0.25) is 5.95 Å². The van der Waals surface area contributed by atoms with Crippen molar-refractivity contribution in [2.45, 2.75) is 31.6 Å². The number of fused-ring (bicyclic) bond motifs is 3. The van der Waals surface area contributed by atoms with Crippen molar-refractivity contribution in [2.24, 2.45) is 0 Å². The Hall–Kier alpha value is -3.44. The van der Waals surface area contributed by atoms with Gasteiger partial charge < -0.3 is 14.4 Å². The first-order chi connectivity index (χ1) is 15.9. The second-order valence-corrected chi connectivity index (χ2v) is 8.63. The summed E-state index contributed by atoms with van der Waals surface area (Å²) in [6, 6.07) is 7.49. The van der Waals surface area contributed by atoms with Gasteiger partial charge in [-0.15, -0.1) is 0 Å². The van der Waals surface area contributed by atoms with Gasteiger partial charge in [0.1, 0.15) is 11.3 Å². The average Bonchev–Trinajstić information content (AvgIpc) is 3.49. The molecule has 33 heavy (non-hydrogen) atoms. The molecule has 2 saturated heterocycles. The first-order valence-electron chi connectivity index (χ1n) is 10.9. The van der Waals surface area contributed by atoms with E-state index in [1.807, 2.05) is 6.07 Å². The lowest BCUT2D eigenvalue weighted by Crippen LogP contribution is -2.43. The van der Waals surface area contributed by atoms with Gasteiger partial charge in [0.15, 0.2) is 5.52 Å². The highest BCUT2D eigenvalue weighted by atomic mass is 16.5. The largest absolute Gasteiger partial charge is 0.496 e. The second kappa shape index (κ2) is 8.49. The number of nitrogens with one attached hydrogen (secondary N) is 2. The highest BCUT2D eigenvalue weighted by molar-refractivity contribution is 5.84. The van der Waals surface area contributed by atoms with Gasteiger partial charge in [0, 0.05) is 37.3 Å². The topological polar surface area (TPSA) is 118 Å². The number of likely N-dealkylation sites (tertiary alicyclic amines) is 2. The van der Waals surface area contributed by atoms with Crippen LogP contribution < -0.4 is 15.6 Å². The Bertz CT molecular complexity index is 1250. The summed E-state index contributed by atoms with van der Waals surface area (Å²) in [5.41, 5.74) is 2.39. The number of nitrogens with zero attached hydrogens (tertiary/aromatic N) is 5. The first-order valence-corrected chi connectivity index (χ1v) is 10.9. The standard InChI is InChI=1S/C22H27N7O4/c1-27-11-16-7-15(27)12-28(16)9-13-4-5-14(18(6-13)32-2)10-29-19-17(8-23-29)24-21(25-20(19)30)26-22(31)33-3/h4-6,8,15-16H,7,9-12H2,1-3H3,(H2,24,25,26,30,31)/t15-,16-/m1/s1. The zero-order valence-electron chi connectivity index (χ0n) is 18.9. The Balaban J connectivity index is 1.35. The summed E-state index contributed by atoms with van der Waals surface area (Å²) in [7, 11) is 5.09. The molecule has 0 radical (unpaired) electrons. The molecule has 11 nitrogen and oxygen atoms in total. The monoisotopic (exact) mass is 453 g/mol. The van der Waals surface area contributed by atoms with E-state index in [0.29, 0.717) is 29.7 Å². The minimum absolute atomic E-state index is 0.00245. The van der Waals surface area contributed by atoms with Gasteiger partial charge in [0.05, 0.1) is 27.0 Å². The van der Waals surface area contributed by atoms with Gasteiger partial charge in [-0.25, -0.2) is 9.78 Å². The number of carbonyl (C=O) groups excluding carboxylic acids is 1. The van der Waals surface area contributed by atoms with Crippen LogP contribution in [0.4, 0.5) is 10.7 Å². The maximum Gasteiger partial charge on any atom is 0.413 e. The number of carbonyl (C=O) groups is 1. The molecule has 174 valence electrons. The molecular formula is C22H27N7O4. The van der Waals surface area contributed by atoms with Gasteiger partial charge >= 0.3 is 6.09 Å². The minimum Gasteiger partial charge on any atom is -0.496 e. The number of hydrogen-bond donors (Lipinski definition) is 2. The number of ether oxygens (including phenoxy) is 2. The van der Waals surface area contributed by atoms with Crippen molar-refractivity contribution in [2.75, 3.05) is 39.7 Å². The van der Waals surface area contributed by atoms with Crippen molar-refractivity contribution in [3.63, 3.8) is 0 Å². The van der Waals surface area contributed by atoms with Crippen molar-refractivity contribution < 1.29 is 14.3 Å². The van der Waals surface area contributed by atoms with Crippen molar-refractivity contribution in [1.29, 1.82) is 0 Å². The van der Waals surface area contributed by atoms with Crippen molar-refractivity contribution in [1.82, 2.24) is 29.5 Å². The lowest BCUT2D eigenvalue weighted by Gasteiger charge is -2.32. The molecule has 0 unspecified atom stereocenters. The van der Waals surface area contributed by atoms with Gasteiger partial charge in [0.25, 0.3) is 5.56 Å². The normalized spacial score (nSPS) is 20.5. The number of piperazine rings is 1. The third-order valence-electron chi connectivity index (χ3n) is 6.59. The lowest BCUT2D eigenvalue weighted by molar-refractivity contribution is 0.143. The summed E-state index contributed by atoms with van der Waals surface area (Å²) in [5.74, 6) is 0.758. The molecular weight excluding hydrogens is 426 g/mol. The molecule has 0 spiro atoms. The van der Waals surface area contributed by atoms with E-state index < -0.39 is 11.7 Å². The molecule has 2 aliphatic heterocycles. The van der Waals surface area contributed by atoms with Gasteiger partial charge in [-0.05, 0) is 25.1 Å². The third-order valence-corrected chi connectivity index (χ3v) is 6.59. The average molecular weight is 454 g/mol. The fourth-order valence-electron chi connectivity index (χ4n) is 4.89. The molecule has 1 aromatic carbocycles. The van der Waals surface area contributed by atoms with Crippen LogP contribution in [0.25, 0.3) is 11.0 Å². The van der Waals surface area contributed by atoms with E-state index in [2.05, 4.69) is 54.1 Å². The molecule has 2 fully saturated rings. The number of H-pyrrole nitrogens is 1. The molecule has 2 bridgehead atoms. The molecule has 4 heterocycles. The Morgan fingerprint density at radius 2 is 2.09 bits per heavy atom. The fraction of sp³-hybridized carbons (Fsp3) is 0.455. The summed E-state index contributed by atoms with van der Waals surface area (Å²) >= 11 is 0. The molecule has 5 rings (SSSR count). The zero-order valence-corrected chi connectivity index (χ0v) is 18.9. The van der Waals surface area contributed by atoms with Gasteiger partial charge in [-0.1, -0.05) is 12.1 Å². The van der Waals surface area contributed by atoms with E-state index in [0.717, 1.165) is 30.9 Å². The molecule has 2 atom stereocenters. The Morgan fingerprint density at radius 3 is 2.79 bits per heavy atom. The summed E-state index contributed by atoms with van der Waals surface area (Å²) in [6.07, 6.45) is 2.02. The molecule has 2 aromatic heterocycles. The number of anilines is 1. The number of benzene rings is 1. The smallest absolute Gasteiger partial charge is 0.413 e. The quantitative estimate of drug-likeness (QED) is 0.573. The van der Waals surface area contributed by atoms with Crippen LogP contribution in [-0.2, 0) is 17.8 Å². The van der Waals surface area contributed by atoms with E-state index in [-0.39, 0.29) is 5.95 Å². The maximum atomic E-state index is 12.6. The predicted molar refractivity (Wildman–Crippen MR) is 122 cm³/mol. The molecule has 2 N–H and O–H groups in total. The van der Waals surface area contributed by atoms with Crippen LogP contribution in [0.2, 0.25) is 0 Å². The van der Waals surface area contributed by atoms with Crippen LogP contribution in [0.3, 0.4) is 0 Å². The molecule has 2 aliphatic rings. The predicted octanol–water partition coefficient (Wildman–Crippen LogP) is 1.24. The third kappa shape index (κ3) is 4.05. The number of rotatable bonds is 6. The van der Waals surface area contributed by atoms with Crippen molar-refractivity contribution in [3.8, 4) is 5.75 Å². The molecule has 0 saturated carbocycles. The number of amides is 1. The SMILES string of the molecule is COC(=O)Nc1nc2cnn(Cc3ccc(CN4C[C@H]5C[C@@H]4CN5C)cc3OC)c2c(=O)[nH]1. The summed E-state index contributed by atoms with van der Waals surface area (Å²) in [6.45, 7) is 3.48. The van der Waals surface area contributed by atoms with E-state index in [1.165, 1.54) is 25.3 Å². The van der Waals surface area contributed by atoms with E-state index in [1.54, 1.807) is 11.8 Å². The summed E-state index contributed by atoms with van der Waals surface area (Å²) in [5, 5.41) is 6.69. The molecule has 0 aliphatic carbocycles. The van der Waals surface area contributed by atoms with Crippen molar-refractivity contribution >= 4 is 23.1 Å². The van der Waals surface area contributed by atoms with Crippen LogP contribution in [0.5, 0.6) is 5.75 Å². The van der Waals surface area contributed by atoms with Crippen LogP contribution in [-0.4, -0.2) is 82.1 Å². The van der Waals surface area contributed by atoms with E-state index in [9.17, 15) is 9.59 Å². The highest BCUT2D eigenvalue weighted by Gasteiger charge is 2.41. The maximum absolute atomic E-state index is 12.6. The second-order valence-electron chi connectivity index (χ2n) is 8.63. The number of aromatic nitrogens is 4. The van der Waals surface area contributed by atoms with Crippen LogP contribution in [0, 0.1) is 0 Å². The highest BCUT2D eigenvalue weighted by Crippen LogP contribution is 2.31. The summed E-state index contributed by atoms with van der Waals surface area (Å²) in [4.78, 5) is 35.8. The van der Waals surface area contributed by atoms with Gasteiger partial charge in [-0.3, -0.25) is 24.7 Å². The van der Waals surface area contributed by atoms with Crippen LogP contribution in [0.15, 0.2) is 29.2 Å². The zero-order chi connectivity index (χ0) is 23.1. The number of likely N-dealkylation sites (N-methyl/N-ethyl adjacent to an activating group) is 1. The summed E-state index contributed by atoms with van der Waals surface area (Å²) < 4.78 is 11.8. The van der Waals surface area contributed by atoms with Crippen LogP contribution in [0.1, 0.15) is 17.5 Å². The molecule has 1 amide bonds. The molecule has 11 heteroatoms. The number of aromatic amines is 1. The fourth-order valence-corrected chi connectivity index (χ4v) is 4.89. The lowest BCUT2D eigenvalue weighted by atomic mass is 10.1. The first kappa shape index (κ1) is 21.4. The number of methoxy groups -OCH3 is 2. The Labute approximate surface area is 190 Å². The Morgan fingerprint density at radius 1 is 1.24 bits per heavy atom. The van der Waals surface area contributed by atoms with Crippen LogP contribution >= 0.6 is 0 Å².